The van der Waals surface area contributed by atoms with Crippen molar-refractivity contribution in [2.45, 2.75) is 12.5 Å². The number of aliphatic hydroxyl groups is 1. The Balaban J connectivity index is 2.75. The molecule has 1 atom stereocenters. The first-order valence-corrected chi connectivity index (χ1v) is 5.13. The smallest absolute Gasteiger partial charge is 0.265 e. The van der Waals surface area contributed by atoms with Gasteiger partial charge in [0.05, 0.1) is 12.7 Å². The number of amides is 1. The molecule has 0 bridgehead atoms. The topological polar surface area (TPSA) is 84.6 Å². The minimum absolute atomic E-state index is 0.124. The number of carbonyl (C=O) groups is 1. The van der Waals surface area contributed by atoms with Gasteiger partial charge in [-0.3, -0.25) is 4.79 Å². The molecule has 0 radical (unpaired) electrons. The Morgan fingerprint density at radius 2 is 2.22 bits per heavy atom. The van der Waals surface area contributed by atoms with Crippen LogP contribution in [-0.2, 0) is 0 Å². The largest absolute Gasteiger partial charge is 0.496 e. The summed E-state index contributed by atoms with van der Waals surface area (Å²) < 4.78 is 29.0. The molecule has 0 fully saturated rings. The number of methoxy groups -OCH3 is 1. The number of halogens is 2. The Morgan fingerprint density at radius 1 is 1.56 bits per heavy atom. The minimum Gasteiger partial charge on any atom is -0.496 e. The van der Waals surface area contributed by atoms with Crippen LogP contribution in [0.3, 0.4) is 0 Å². The number of hydrogen-bond acceptors (Lipinski definition) is 4. The molecular weight excluding hydrogens is 246 g/mol. The van der Waals surface area contributed by atoms with Gasteiger partial charge in [-0.25, -0.2) is 8.78 Å². The van der Waals surface area contributed by atoms with Crippen LogP contribution < -0.4 is 15.8 Å². The zero-order valence-electron chi connectivity index (χ0n) is 9.69. The molecule has 1 rings (SSSR count). The van der Waals surface area contributed by atoms with Crippen molar-refractivity contribution in [2.24, 2.45) is 0 Å². The fourth-order valence-electron chi connectivity index (χ4n) is 1.28. The first kappa shape index (κ1) is 14.2. The number of alkyl halides is 2. The van der Waals surface area contributed by atoms with Crippen LogP contribution in [-0.4, -0.2) is 37.2 Å². The highest BCUT2D eigenvalue weighted by molar-refractivity contribution is 5.97. The molecule has 0 spiro atoms. The highest BCUT2D eigenvalue weighted by Gasteiger charge is 2.19. The van der Waals surface area contributed by atoms with Gasteiger partial charge in [0.1, 0.15) is 11.9 Å². The van der Waals surface area contributed by atoms with Gasteiger partial charge in [-0.1, -0.05) is 0 Å². The number of aliphatic hydroxyl groups excluding tert-OH is 1. The Bertz CT molecular complexity index is 427. The molecular formula is C11H14F2N2O3. The number of carbonyl (C=O) groups excluding carboxylic acids is 1. The highest BCUT2D eigenvalue weighted by atomic mass is 19.3. The second-order valence-electron chi connectivity index (χ2n) is 3.57. The van der Waals surface area contributed by atoms with Gasteiger partial charge in [0.15, 0.2) is 0 Å². The van der Waals surface area contributed by atoms with Gasteiger partial charge in [0.2, 0.25) is 0 Å². The van der Waals surface area contributed by atoms with Crippen molar-refractivity contribution in [3.8, 4) is 5.75 Å². The Hall–Kier alpha value is -1.89. The van der Waals surface area contributed by atoms with Crippen molar-refractivity contribution in [1.29, 1.82) is 0 Å². The van der Waals surface area contributed by atoms with Crippen LogP contribution in [0.2, 0.25) is 0 Å². The standard InChI is InChI=1S/C11H14F2N2O3/c1-18-9-3-2-6(14)4-7(9)11(17)15-5-8(16)10(12)13/h2-4,8,10,16H,5,14H2,1H3,(H,15,17). The minimum atomic E-state index is -2.91. The van der Waals surface area contributed by atoms with E-state index in [1.807, 2.05) is 0 Å². The van der Waals surface area contributed by atoms with Crippen LogP contribution in [0.1, 0.15) is 10.4 Å². The second-order valence-corrected chi connectivity index (χ2v) is 3.57. The summed E-state index contributed by atoms with van der Waals surface area (Å²) in [7, 11) is 1.37. The van der Waals surface area contributed by atoms with Gasteiger partial charge in [0.25, 0.3) is 12.3 Å². The zero-order valence-corrected chi connectivity index (χ0v) is 9.69. The summed E-state index contributed by atoms with van der Waals surface area (Å²) in [5.41, 5.74) is 5.99. The normalized spacial score (nSPS) is 12.3. The van der Waals surface area contributed by atoms with Crippen molar-refractivity contribution in [3.05, 3.63) is 23.8 Å². The van der Waals surface area contributed by atoms with E-state index < -0.39 is 25.0 Å². The maximum atomic E-state index is 12.0. The summed E-state index contributed by atoms with van der Waals surface area (Å²) in [5.74, 6) is -0.368. The predicted octanol–water partition coefficient (Wildman–Crippen LogP) is 0.633. The first-order valence-electron chi connectivity index (χ1n) is 5.13. The molecule has 7 heteroatoms. The molecule has 0 saturated carbocycles. The fourth-order valence-corrected chi connectivity index (χ4v) is 1.28. The third kappa shape index (κ3) is 3.56. The average Bonchev–Trinajstić information content (AvgIpc) is 2.35. The number of nitrogens with one attached hydrogen (secondary N) is 1. The third-order valence-corrected chi connectivity index (χ3v) is 2.23. The van der Waals surface area contributed by atoms with E-state index in [1.54, 1.807) is 6.07 Å². The van der Waals surface area contributed by atoms with Crippen LogP contribution in [0, 0.1) is 0 Å². The molecule has 0 aliphatic heterocycles. The van der Waals surface area contributed by atoms with E-state index in [-0.39, 0.29) is 11.3 Å². The molecule has 100 valence electrons. The first-order chi connectivity index (χ1) is 8.45. The van der Waals surface area contributed by atoms with E-state index in [1.165, 1.54) is 19.2 Å². The number of benzene rings is 1. The van der Waals surface area contributed by atoms with Crippen LogP contribution >= 0.6 is 0 Å². The number of nitrogen functional groups attached to an aromatic ring is 1. The lowest BCUT2D eigenvalue weighted by atomic mass is 10.1. The van der Waals surface area contributed by atoms with Gasteiger partial charge in [-0.05, 0) is 18.2 Å². The lowest BCUT2D eigenvalue weighted by Gasteiger charge is -2.12. The fraction of sp³-hybridized carbons (Fsp3) is 0.364. The molecule has 0 heterocycles. The average molecular weight is 260 g/mol. The van der Waals surface area contributed by atoms with Gasteiger partial charge in [0, 0.05) is 12.2 Å². The van der Waals surface area contributed by atoms with Crippen LogP contribution in [0.25, 0.3) is 0 Å². The molecule has 1 aromatic carbocycles. The quantitative estimate of drug-likeness (QED) is 0.678. The maximum Gasteiger partial charge on any atom is 0.265 e. The van der Waals surface area contributed by atoms with Crippen molar-refractivity contribution < 1.29 is 23.4 Å². The monoisotopic (exact) mass is 260 g/mol. The van der Waals surface area contributed by atoms with Crippen LogP contribution in [0.15, 0.2) is 18.2 Å². The lowest BCUT2D eigenvalue weighted by Crippen LogP contribution is -2.36. The van der Waals surface area contributed by atoms with E-state index in [9.17, 15) is 13.6 Å². The van der Waals surface area contributed by atoms with E-state index in [0.717, 1.165) is 0 Å². The van der Waals surface area contributed by atoms with E-state index in [2.05, 4.69) is 5.32 Å². The molecule has 5 nitrogen and oxygen atoms in total. The summed E-state index contributed by atoms with van der Waals surface area (Å²) in [6.45, 7) is -0.547. The number of hydrogen-bond donors (Lipinski definition) is 3. The van der Waals surface area contributed by atoms with E-state index in [4.69, 9.17) is 15.6 Å². The molecule has 4 N–H and O–H groups in total. The molecule has 1 amide bonds. The van der Waals surface area contributed by atoms with Crippen molar-refractivity contribution >= 4 is 11.6 Å². The molecule has 0 saturated heterocycles. The number of rotatable bonds is 5. The second kappa shape index (κ2) is 6.15. The van der Waals surface area contributed by atoms with Crippen molar-refractivity contribution in [1.82, 2.24) is 5.32 Å². The van der Waals surface area contributed by atoms with Crippen molar-refractivity contribution in [2.75, 3.05) is 19.4 Å². The highest BCUT2D eigenvalue weighted by Crippen LogP contribution is 2.20. The Morgan fingerprint density at radius 3 is 2.78 bits per heavy atom. The van der Waals surface area contributed by atoms with Crippen LogP contribution in [0.5, 0.6) is 5.75 Å². The SMILES string of the molecule is COc1ccc(N)cc1C(=O)NCC(O)C(F)F. The lowest BCUT2D eigenvalue weighted by molar-refractivity contribution is -0.00271. The molecule has 1 aromatic rings. The van der Waals surface area contributed by atoms with Gasteiger partial charge < -0.3 is 20.9 Å². The van der Waals surface area contributed by atoms with Crippen LogP contribution in [0.4, 0.5) is 14.5 Å². The van der Waals surface area contributed by atoms with E-state index in [0.29, 0.717) is 5.69 Å². The summed E-state index contributed by atoms with van der Waals surface area (Å²) in [5, 5.41) is 11.1. The summed E-state index contributed by atoms with van der Waals surface area (Å²) in [4.78, 5) is 11.7. The molecule has 1 unspecified atom stereocenters. The number of nitrogens with two attached hydrogens (primary N) is 1. The summed E-state index contributed by atoms with van der Waals surface area (Å²) >= 11 is 0. The Kier molecular flexibility index (Phi) is 4.85. The molecule has 0 aliphatic carbocycles. The van der Waals surface area contributed by atoms with E-state index >= 15 is 0 Å². The predicted molar refractivity (Wildman–Crippen MR) is 61.8 cm³/mol. The van der Waals surface area contributed by atoms with Gasteiger partial charge >= 0.3 is 0 Å². The molecule has 0 aliphatic rings. The Labute approximate surface area is 103 Å². The third-order valence-electron chi connectivity index (χ3n) is 2.23. The van der Waals surface area contributed by atoms with Gasteiger partial charge in [-0.2, -0.15) is 0 Å². The van der Waals surface area contributed by atoms with Gasteiger partial charge in [-0.15, -0.1) is 0 Å². The molecule has 0 aromatic heterocycles. The number of anilines is 1. The molecule has 18 heavy (non-hydrogen) atoms. The summed E-state index contributed by atoms with van der Waals surface area (Å²) in [6.07, 6.45) is -4.81. The maximum absolute atomic E-state index is 12.0. The van der Waals surface area contributed by atoms with Crippen molar-refractivity contribution in [3.63, 3.8) is 0 Å². The zero-order chi connectivity index (χ0) is 13.7. The number of ether oxygens (including phenoxy) is 1. The summed E-state index contributed by atoms with van der Waals surface area (Å²) in [6, 6.07) is 4.40.